The van der Waals surface area contributed by atoms with Crippen molar-refractivity contribution in [3.63, 3.8) is 0 Å². The van der Waals surface area contributed by atoms with Gasteiger partial charge in [-0.25, -0.2) is 0 Å². The Morgan fingerprint density at radius 1 is 0.696 bits per heavy atom. The summed E-state index contributed by atoms with van der Waals surface area (Å²) in [7, 11) is 0. The van der Waals surface area contributed by atoms with Crippen molar-refractivity contribution in [1.82, 2.24) is 0 Å². The molecule has 0 saturated carbocycles. The van der Waals surface area contributed by atoms with Gasteiger partial charge in [0.1, 0.15) is 0 Å². The molecule has 0 fully saturated rings. The second-order valence-electron chi connectivity index (χ2n) is 6.97. The molecule has 0 saturated heterocycles. The van der Waals surface area contributed by atoms with Gasteiger partial charge in [-0.3, -0.25) is 0 Å². The van der Waals surface area contributed by atoms with Gasteiger partial charge in [-0.2, -0.15) is 0 Å². The lowest BCUT2D eigenvalue weighted by Gasteiger charge is -2.03. The minimum atomic E-state index is -0.452. The van der Waals surface area contributed by atoms with Gasteiger partial charge in [0.05, 0.1) is 6.10 Å². The fraction of sp³-hybridized carbons (Fsp3) is 0.905. The molecule has 0 amide bonds. The fourth-order valence-corrected chi connectivity index (χ4v) is 2.97. The summed E-state index contributed by atoms with van der Waals surface area (Å²) >= 11 is 0. The Bertz CT molecular complexity index is 240. The van der Waals surface area contributed by atoms with E-state index < -0.39 is 6.10 Å². The van der Waals surface area contributed by atoms with Crippen molar-refractivity contribution in [2.24, 2.45) is 5.73 Å². The highest BCUT2D eigenvalue weighted by Crippen LogP contribution is 2.13. The van der Waals surface area contributed by atoms with E-state index in [1.54, 1.807) is 0 Å². The zero-order valence-electron chi connectivity index (χ0n) is 15.8. The van der Waals surface area contributed by atoms with Gasteiger partial charge < -0.3 is 10.8 Å². The zero-order chi connectivity index (χ0) is 17.0. The predicted molar refractivity (Wildman–Crippen MR) is 104 cm³/mol. The van der Waals surface area contributed by atoms with Crippen molar-refractivity contribution in [2.45, 2.75) is 116 Å². The molecule has 1 unspecified atom stereocenters. The van der Waals surface area contributed by atoms with E-state index in [4.69, 9.17) is 5.73 Å². The van der Waals surface area contributed by atoms with Crippen LogP contribution in [0.1, 0.15) is 110 Å². The van der Waals surface area contributed by atoms with Gasteiger partial charge in [0.15, 0.2) is 0 Å². The number of hydrogen-bond donors (Lipinski definition) is 2. The first kappa shape index (κ1) is 22.7. The number of rotatable bonds is 18. The lowest BCUT2D eigenvalue weighted by molar-refractivity contribution is 0.231. The van der Waals surface area contributed by atoms with Crippen LogP contribution in [0.3, 0.4) is 0 Å². The summed E-state index contributed by atoms with van der Waals surface area (Å²) < 4.78 is 0. The topological polar surface area (TPSA) is 46.2 Å². The summed E-state index contributed by atoms with van der Waals surface area (Å²) in [5, 5.41) is 9.27. The first-order valence-electron chi connectivity index (χ1n) is 10.4. The largest absolute Gasteiger partial charge is 0.388 e. The molecule has 0 aromatic carbocycles. The Hall–Kier alpha value is -0.340. The van der Waals surface area contributed by atoms with E-state index in [2.05, 4.69) is 13.0 Å². The summed E-state index contributed by atoms with van der Waals surface area (Å²) in [6, 6.07) is 0. The Morgan fingerprint density at radius 3 is 1.48 bits per heavy atom. The third kappa shape index (κ3) is 19.6. The first-order valence-corrected chi connectivity index (χ1v) is 10.4. The lowest BCUT2D eigenvalue weighted by Crippen LogP contribution is -2.16. The monoisotopic (exact) mass is 325 g/mol. The van der Waals surface area contributed by atoms with Gasteiger partial charge in [0, 0.05) is 6.54 Å². The van der Waals surface area contributed by atoms with Crippen molar-refractivity contribution in [3.8, 4) is 0 Å². The predicted octanol–water partition coefficient (Wildman–Crippen LogP) is 6.12. The number of aliphatic hydroxyl groups excluding tert-OH is 1. The average Bonchev–Trinajstić information content (AvgIpc) is 2.57. The van der Waals surface area contributed by atoms with Crippen molar-refractivity contribution in [2.75, 3.05) is 6.54 Å². The van der Waals surface area contributed by atoms with Crippen LogP contribution in [0.2, 0.25) is 0 Å². The summed E-state index contributed by atoms with van der Waals surface area (Å²) in [6.45, 7) is 2.61. The number of hydrogen-bond acceptors (Lipinski definition) is 2. The normalized spacial score (nSPS) is 13.0. The number of nitrogens with two attached hydrogens (primary N) is 1. The highest BCUT2D eigenvalue weighted by molar-refractivity contribution is 4.88. The molecule has 0 spiro atoms. The Kier molecular flexibility index (Phi) is 19.4. The van der Waals surface area contributed by atoms with Gasteiger partial charge in [-0.05, 0) is 12.8 Å². The van der Waals surface area contributed by atoms with Gasteiger partial charge in [-0.15, -0.1) is 0 Å². The van der Waals surface area contributed by atoms with Crippen molar-refractivity contribution < 1.29 is 5.11 Å². The molecule has 138 valence electrons. The van der Waals surface area contributed by atoms with Crippen molar-refractivity contribution in [1.29, 1.82) is 0 Å². The second kappa shape index (κ2) is 19.7. The molecule has 0 aliphatic heterocycles. The maximum absolute atomic E-state index is 9.27. The Morgan fingerprint density at radius 2 is 1.09 bits per heavy atom. The minimum absolute atomic E-state index is 0.329. The summed E-state index contributed by atoms with van der Waals surface area (Å²) in [6.07, 6.45) is 25.6. The van der Waals surface area contributed by atoms with E-state index in [9.17, 15) is 5.11 Å². The van der Waals surface area contributed by atoms with E-state index in [1.807, 2.05) is 6.08 Å². The second-order valence-corrected chi connectivity index (χ2v) is 6.97. The van der Waals surface area contributed by atoms with Crippen LogP contribution in [0.15, 0.2) is 12.2 Å². The van der Waals surface area contributed by atoms with Crippen LogP contribution >= 0.6 is 0 Å². The SMILES string of the molecule is CCCCCCCCCCCCCCCCCC=CC(O)CN. The van der Waals surface area contributed by atoms with E-state index in [0.29, 0.717) is 6.54 Å². The zero-order valence-corrected chi connectivity index (χ0v) is 15.8. The molecular formula is C21H43NO. The highest BCUT2D eigenvalue weighted by Gasteiger charge is 1.95. The molecule has 2 nitrogen and oxygen atoms in total. The molecule has 1 atom stereocenters. The fourth-order valence-electron chi connectivity index (χ4n) is 2.97. The van der Waals surface area contributed by atoms with Crippen LogP contribution < -0.4 is 5.73 Å². The lowest BCUT2D eigenvalue weighted by atomic mass is 10.0. The molecule has 0 aliphatic rings. The molecule has 0 aliphatic carbocycles. The van der Waals surface area contributed by atoms with Gasteiger partial charge in [0.25, 0.3) is 0 Å². The van der Waals surface area contributed by atoms with E-state index in [0.717, 1.165) is 6.42 Å². The van der Waals surface area contributed by atoms with E-state index in [-0.39, 0.29) is 0 Å². The maximum atomic E-state index is 9.27. The number of allylic oxidation sites excluding steroid dienone is 1. The van der Waals surface area contributed by atoms with Gasteiger partial charge in [0.2, 0.25) is 0 Å². The van der Waals surface area contributed by atoms with Crippen molar-refractivity contribution in [3.05, 3.63) is 12.2 Å². The van der Waals surface area contributed by atoms with Gasteiger partial charge in [-0.1, -0.05) is 109 Å². The quantitative estimate of drug-likeness (QED) is 0.235. The molecule has 23 heavy (non-hydrogen) atoms. The molecule has 0 bridgehead atoms. The van der Waals surface area contributed by atoms with E-state index >= 15 is 0 Å². The van der Waals surface area contributed by atoms with Crippen LogP contribution in [0.4, 0.5) is 0 Å². The Labute approximate surface area is 145 Å². The average molecular weight is 326 g/mol. The third-order valence-corrected chi connectivity index (χ3v) is 4.57. The molecule has 2 heteroatoms. The van der Waals surface area contributed by atoms with Crippen molar-refractivity contribution >= 4 is 0 Å². The Balaban J connectivity index is 3.04. The van der Waals surface area contributed by atoms with Gasteiger partial charge >= 0.3 is 0 Å². The van der Waals surface area contributed by atoms with Crippen LogP contribution in [0.5, 0.6) is 0 Å². The maximum Gasteiger partial charge on any atom is 0.0843 e. The summed E-state index contributed by atoms with van der Waals surface area (Å²) in [5.41, 5.74) is 5.34. The molecule has 0 radical (unpaired) electrons. The standard InChI is InChI=1S/C21H43NO/c1-2-3-4-5-6-7-8-9-10-11-12-13-14-15-16-17-18-19-21(23)20-22/h18-19,21,23H,2-17,20,22H2,1H3. The minimum Gasteiger partial charge on any atom is -0.388 e. The van der Waals surface area contributed by atoms with Crippen LogP contribution in [-0.2, 0) is 0 Å². The van der Waals surface area contributed by atoms with Crippen LogP contribution in [-0.4, -0.2) is 17.8 Å². The van der Waals surface area contributed by atoms with Crippen LogP contribution in [0.25, 0.3) is 0 Å². The number of aliphatic hydroxyl groups is 1. The van der Waals surface area contributed by atoms with Crippen LogP contribution in [0, 0.1) is 0 Å². The number of unbranched alkanes of at least 4 members (excludes halogenated alkanes) is 15. The smallest absolute Gasteiger partial charge is 0.0843 e. The summed E-state index contributed by atoms with van der Waals surface area (Å²) in [4.78, 5) is 0. The molecular weight excluding hydrogens is 282 g/mol. The third-order valence-electron chi connectivity index (χ3n) is 4.57. The highest BCUT2D eigenvalue weighted by atomic mass is 16.3. The molecule has 0 aromatic heterocycles. The molecule has 0 heterocycles. The molecule has 0 aromatic rings. The summed E-state index contributed by atoms with van der Waals surface area (Å²) in [5.74, 6) is 0. The molecule has 3 N–H and O–H groups in total. The molecule has 0 rings (SSSR count). The van der Waals surface area contributed by atoms with E-state index in [1.165, 1.54) is 96.3 Å². The first-order chi connectivity index (χ1) is 11.3.